The lowest BCUT2D eigenvalue weighted by molar-refractivity contribution is -0.137. The Kier molecular flexibility index (Phi) is 6.83. The number of ether oxygens (including phenoxy) is 1. The van der Waals surface area contributed by atoms with Gasteiger partial charge in [-0.15, -0.1) is 0 Å². The van der Waals surface area contributed by atoms with Crippen LogP contribution in [0.4, 0.5) is 34.0 Å². The largest absolute Gasteiger partial charge is 0.444 e. The zero-order valence-electron chi connectivity index (χ0n) is 17.8. The fourth-order valence-corrected chi connectivity index (χ4v) is 3.61. The minimum atomic E-state index is -4.66. The van der Waals surface area contributed by atoms with Crippen LogP contribution in [0.1, 0.15) is 50.7 Å². The number of halogens is 5. The lowest BCUT2D eigenvalue weighted by Crippen LogP contribution is -2.41. The molecule has 0 aliphatic carbocycles. The number of hydrogen-bond acceptors (Lipinski definition) is 5. The smallest absolute Gasteiger partial charge is 0.420 e. The molecule has 3 rings (SSSR count). The van der Waals surface area contributed by atoms with Crippen molar-refractivity contribution in [3.8, 4) is 0 Å². The van der Waals surface area contributed by atoms with Crippen molar-refractivity contribution < 1.29 is 27.1 Å². The van der Waals surface area contributed by atoms with Crippen molar-refractivity contribution in [2.24, 2.45) is 0 Å². The van der Waals surface area contributed by atoms with Crippen LogP contribution in [-0.4, -0.2) is 39.7 Å². The van der Waals surface area contributed by atoms with Gasteiger partial charge in [-0.25, -0.2) is 19.2 Å². The lowest BCUT2D eigenvalue weighted by Gasteiger charge is -2.33. The van der Waals surface area contributed by atoms with Crippen molar-refractivity contribution in [3.63, 3.8) is 0 Å². The molecule has 2 aromatic rings. The highest BCUT2D eigenvalue weighted by molar-refractivity contribution is 6.30. The van der Waals surface area contributed by atoms with Crippen molar-refractivity contribution in [2.45, 2.75) is 51.3 Å². The molecule has 32 heavy (non-hydrogen) atoms. The number of amides is 1. The second-order valence-electron chi connectivity index (χ2n) is 8.50. The van der Waals surface area contributed by atoms with E-state index < -0.39 is 28.3 Å². The second-order valence-corrected chi connectivity index (χ2v) is 8.86. The van der Waals surface area contributed by atoms with Crippen molar-refractivity contribution >= 4 is 29.3 Å². The van der Waals surface area contributed by atoms with Gasteiger partial charge in [0.25, 0.3) is 0 Å². The molecule has 1 aliphatic heterocycles. The van der Waals surface area contributed by atoms with Gasteiger partial charge in [0.1, 0.15) is 22.1 Å². The van der Waals surface area contributed by atoms with Crippen LogP contribution < -0.4 is 5.32 Å². The van der Waals surface area contributed by atoms with Crippen molar-refractivity contribution in [1.29, 1.82) is 0 Å². The van der Waals surface area contributed by atoms with Gasteiger partial charge in [0.05, 0.1) is 0 Å². The van der Waals surface area contributed by atoms with Crippen LogP contribution >= 0.6 is 11.6 Å². The third-order valence-corrected chi connectivity index (χ3v) is 5.18. The average molecular weight is 475 g/mol. The van der Waals surface area contributed by atoms with E-state index in [2.05, 4.69) is 15.3 Å². The Morgan fingerprint density at radius 3 is 2.41 bits per heavy atom. The zero-order valence-corrected chi connectivity index (χ0v) is 18.5. The Hall–Kier alpha value is -2.62. The molecule has 0 unspecified atom stereocenters. The maximum absolute atomic E-state index is 14.8. The fourth-order valence-electron chi connectivity index (χ4n) is 3.38. The molecule has 0 radical (unpaired) electrons. The van der Waals surface area contributed by atoms with Crippen LogP contribution in [0.5, 0.6) is 0 Å². The first-order chi connectivity index (χ1) is 14.8. The summed E-state index contributed by atoms with van der Waals surface area (Å²) in [5, 5.41) is 1.91. The predicted molar refractivity (Wildman–Crippen MR) is 112 cm³/mol. The summed E-state index contributed by atoms with van der Waals surface area (Å²) in [5.74, 6) is -0.718. The lowest BCUT2D eigenvalue weighted by atomic mass is 9.89. The van der Waals surface area contributed by atoms with E-state index >= 15 is 0 Å². The van der Waals surface area contributed by atoms with Gasteiger partial charge in [0.2, 0.25) is 5.95 Å². The first kappa shape index (κ1) is 24.0. The van der Waals surface area contributed by atoms with Gasteiger partial charge in [-0.05, 0) is 57.2 Å². The summed E-state index contributed by atoms with van der Waals surface area (Å²) in [4.78, 5) is 21.0. The number of carbonyl (C=O) groups excluding carboxylic acids is 1. The van der Waals surface area contributed by atoms with Crippen LogP contribution in [0.2, 0.25) is 5.15 Å². The molecular formula is C21H23ClF4N4O2. The van der Waals surface area contributed by atoms with E-state index in [4.69, 9.17) is 16.3 Å². The number of likely N-dealkylation sites (tertiary alicyclic amines) is 1. The molecule has 174 valence electrons. The average Bonchev–Trinajstić information content (AvgIpc) is 2.66. The van der Waals surface area contributed by atoms with E-state index in [-0.39, 0.29) is 23.6 Å². The monoisotopic (exact) mass is 474 g/mol. The number of benzene rings is 1. The molecule has 1 N–H and O–H groups in total. The minimum absolute atomic E-state index is 0.0699. The molecule has 0 atom stereocenters. The molecule has 1 amide bonds. The Morgan fingerprint density at radius 2 is 1.88 bits per heavy atom. The molecule has 1 aromatic carbocycles. The van der Waals surface area contributed by atoms with Gasteiger partial charge in [-0.1, -0.05) is 17.7 Å². The summed E-state index contributed by atoms with van der Waals surface area (Å²) in [6.07, 6.45) is -3.31. The molecule has 0 bridgehead atoms. The molecule has 1 aromatic heterocycles. The first-order valence-corrected chi connectivity index (χ1v) is 10.4. The summed E-state index contributed by atoms with van der Waals surface area (Å²) < 4.78 is 58.4. The van der Waals surface area contributed by atoms with Gasteiger partial charge in [-0.2, -0.15) is 13.2 Å². The molecule has 11 heteroatoms. The second kappa shape index (κ2) is 9.09. The Bertz CT molecular complexity index is 987. The topological polar surface area (TPSA) is 67.3 Å². The Morgan fingerprint density at radius 1 is 1.22 bits per heavy atom. The van der Waals surface area contributed by atoms with Gasteiger partial charge in [0.15, 0.2) is 0 Å². The third kappa shape index (κ3) is 5.99. The summed E-state index contributed by atoms with van der Waals surface area (Å²) in [7, 11) is 0. The normalized spacial score (nSPS) is 15.6. The number of alkyl halides is 3. The molecule has 0 spiro atoms. The standard InChI is InChI=1S/C21H23ClF4N4O2/c1-20(2,3)32-19(31)30-8-6-12(7-9-30)14-5-4-13(10-16(14)23)28-18-27-11-15(17(22)29-18)21(24,25)26/h4-5,10-12H,6-9H2,1-3H3,(H,27,28,29). The molecule has 6 nitrogen and oxygen atoms in total. The number of hydrogen-bond donors (Lipinski definition) is 1. The predicted octanol–water partition coefficient (Wildman–Crippen LogP) is 6.15. The summed E-state index contributed by atoms with van der Waals surface area (Å²) in [6, 6.07) is 4.43. The molecule has 1 aliphatic rings. The Labute approximate surface area is 187 Å². The molecular weight excluding hydrogens is 452 g/mol. The molecule has 1 fully saturated rings. The molecule has 2 heterocycles. The van der Waals surface area contributed by atoms with E-state index in [0.29, 0.717) is 37.7 Å². The van der Waals surface area contributed by atoms with Crippen LogP contribution in [0.25, 0.3) is 0 Å². The van der Waals surface area contributed by atoms with Crippen LogP contribution in [0, 0.1) is 5.82 Å². The minimum Gasteiger partial charge on any atom is -0.444 e. The van der Waals surface area contributed by atoms with Crippen LogP contribution in [0.15, 0.2) is 24.4 Å². The van der Waals surface area contributed by atoms with Crippen LogP contribution in [-0.2, 0) is 10.9 Å². The summed E-state index contributed by atoms with van der Waals surface area (Å²) in [6.45, 7) is 6.30. The quantitative estimate of drug-likeness (QED) is 0.427. The number of nitrogens with one attached hydrogen (secondary N) is 1. The van der Waals surface area contributed by atoms with Gasteiger partial charge in [0, 0.05) is 25.0 Å². The van der Waals surface area contributed by atoms with E-state index in [9.17, 15) is 22.4 Å². The SMILES string of the molecule is CC(C)(C)OC(=O)N1CCC(c2ccc(Nc3ncc(C(F)(F)F)c(Cl)n3)cc2F)CC1. The first-order valence-electron chi connectivity index (χ1n) is 9.97. The fraction of sp³-hybridized carbons (Fsp3) is 0.476. The van der Waals surface area contributed by atoms with E-state index in [1.165, 1.54) is 6.07 Å². The third-order valence-electron chi connectivity index (χ3n) is 4.89. The van der Waals surface area contributed by atoms with E-state index in [1.807, 2.05) is 0 Å². The highest BCUT2D eigenvalue weighted by Gasteiger charge is 2.34. The maximum atomic E-state index is 14.8. The number of anilines is 2. The van der Waals surface area contributed by atoms with E-state index in [0.717, 1.165) is 0 Å². The number of aromatic nitrogens is 2. The van der Waals surface area contributed by atoms with Crippen molar-refractivity contribution in [3.05, 3.63) is 46.5 Å². The number of carbonyl (C=O) groups is 1. The van der Waals surface area contributed by atoms with E-state index in [1.54, 1.807) is 37.8 Å². The highest BCUT2D eigenvalue weighted by Crippen LogP contribution is 2.34. The van der Waals surface area contributed by atoms with Crippen molar-refractivity contribution in [2.75, 3.05) is 18.4 Å². The number of rotatable bonds is 3. The van der Waals surface area contributed by atoms with Gasteiger partial charge < -0.3 is 15.0 Å². The molecule has 1 saturated heterocycles. The summed E-state index contributed by atoms with van der Waals surface area (Å²) >= 11 is 5.59. The number of nitrogens with zero attached hydrogens (tertiary/aromatic N) is 3. The maximum Gasteiger partial charge on any atom is 0.420 e. The van der Waals surface area contributed by atoms with Crippen molar-refractivity contribution in [1.82, 2.24) is 14.9 Å². The highest BCUT2D eigenvalue weighted by atomic mass is 35.5. The van der Waals surface area contributed by atoms with Gasteiger partial charge >= 0.3 is 12.3 Å². The zero-order chi connectivity index (χ0) is 23.7. The van der Waals surface area contributed by atoms with Gasteiger partial charge in [-0.3, -0.25) is 0 Å². The number of piperidine rings is 1. The summed E-state index contributed by atoms with van der Waals surface area (Å²) in [5.41, 5.74) is -0.952. The Balaban J connectivity index is 1.64. The molecule has 0 saturated carbocycles. The van der Waals surface area contributed by atoms with Crippen LogP contribution in [0.3, 0.4) is 0 Å².